The van der Waals surface area contributed by atoms with Crippen LogP contribution in [0.3, 0.4) is 0 Å². The Morgan fingerprint density at radius 3 is 2.73 bits per heavy atom. The van der Waals surface area contributed by atoms with E-state index in [1.54, 1.807) is 23.5 Å². The Morgan fingerprint density at radius 2 is 2.00 bits per heavy atom. The van der Waals surface area contributed by atoms with Crippen LogP contribution in [-0.4, -0.2) is 33.9 Å². The number of hydrogen-bond donors (Lipinski definition) is 2. The summed E-state index contributed by atoms with van der Waals surface area (Å²) in [5.41, 5.74) is 2.03. The molecule has 4 rings (SSSR count). The monoisotopic (exact) mass is 385 g/mol. The zero-order chi connectivity index (χ0) is 18.1. The van der Waals surface area contributed by atoms with Crippen LogP contribution < -0.4 is 0 Å². The van der Waals surface area contributed by atoms with Gasteiger partial charge in [-0.25, -0.2) is 9.37 Å². The molecule has 0 bridgehead atoms. The molecular formula is C19H16FN3OS2. The van der Waals surface area contributed by atoms with Crippen molar-refractivity contribution >= 4 is 34.1 Å². The molecule has 0 spiro atoms. The maximum Gasteiger partial charge on any atom is 0.135 e. The number of nitrogens with one attached hydrogen (secondary N) is 1. The minimum absolute atomic E-state index is 0.182. The van der Waals surface area contributed by atoms with Gasteiger partial charge in [-0.15, -0.1) is 22.7 Å². The molecule has 7 heteroatoms. The molecule has 0 atom stereocenters. The predicted molar refractivity (Wildman–Crippen MR) is 104 cm³/mol. The van der Waals surface area contributed by atoms with Crippen LogP contribution >= 0.6 is 22.7 Å². The van der Waals surface area contributed by atoms with Gasteiger partial charge >= 0.3 is 0 Å². The largest absolute Gasteiger partial charge is 0.510 e. The van der Waals surface area contributed by atoms with Crippen molar-refractivity contribution in [1.29, 1.82) is 5.41 Å². The molecule has 26 heavy (non-hydrogen) atoms. The second-order valence-electron chi connectivity index (χ2n) is 5.97. The smallest absolute Gasteiger partial charge is 0.135 e. The molecule has 0 unspecified atom stereocenters. The molecule has 2 N–H and O–H groups in total. The number of hydrogen-bond acceptors (Lipinski definition) is 5. The molecule has 3 aromatic rings. The van der Waals surface area contributed by atoms with Crippen LogP contribution in [0.1, 0.15) is 9.88 Å². The lowest BCUT2D eigenvalue weighted by molar-refractivity contribution is 0.351. The number of aliphatic hydroxyl groups is 1. The number of aromatic nitrogens is 1. The molecule has 1 aromatic carbocycles. The van der Waals surface area contributed by atoms with Crippen molar-refractivity contribution in [2.45, 2.75) is 6.42 Å². The third-order valence-electron chi connectivity index (χ3n) is 4.25. The molecule has 0 saturated heterocycles. The number of thiazole rings is 1. The lowest BCUT2D eigenvalue weighted by Crippen LogP contribution is -2.28. The summed E-state index contributed by atoms with van der Waals surface area (Å²) in [5.74, 6) is 0.198. The van der Waals surface area contributed by atoms with Crippen molar-refractivity contribution in [3.05, 3.63) is 68.6 Å². The quantitative estimate of drug-likeness (QED) is 0.662. The van der Waals surface area contributed by atoms with E-state index in [2.05, 4.69) is 11.1 Å². The summed E-state index contributed by atoms with van der Waals surface area (Å²) in [6.07, 6.45) is 0.847. The van der Waals surface area contributed by atoms with Crippen molar-refractivity contribution in [2.24, 2.45) is 0 Å². The van der Waals surface area contributed by atoms with E-state index < -0.39 is 0 Å². The second-order valence-corrected chi connectivity index (χ2v) is 7.86. The number of nitrogens with zero attached hydrogens (tertiary/aromatic N) is 2. The topological polar surface area (TPSA) is 60.2 Å². The maximum atomic E-state index is 13.1. The maximum absolute atomic E-state index is 13.1. The Kier molecular flexibility index (Phi) is 4.57. The summed E-state index contributed by atoms with van der Waals surface area (Å²) >= 11 is 3.08. The lowest BCUT2D eigenvalue weighted by atomic mass is 10.2. The number of thiophene rings is 1. The Bertz CT molecular complexity index is 961. The van der Waals surface area contributed by atoms with E-state index in [1.165, 1.54) is 28.3 Å². The first-order chi connectivity index (χ1) is 12.6. The summed E-state index contributed by atoms with van der Waals surface area (Å²) in [7, 11) is 0. The average molecular weight is 385 g/mol. The summed E-state index contributed by atoms with van der Waals surface area (Å²) in [4.78, 5) is 7.68. The van der Waals surface area contributed by atoms with Gasteiger partial charge in [-0.05, 0) is 42.1 Å². The number of halogens is 1. The van der Waals surface area contributed by atoms with Gasteiger partial charge in [0.1, 0.15) is 22.4 Å². The Hall–Kier alpha value is -2.51. The highest BCUT2D eigenvalue weighted by molar-refractivity contribution is 7.11. The van der Waals surface area contributed by atoms with E-state index in [9.17, 15) is 9.50 Å². The van der Waals surface area contributed by atoms with Crippen molar-refractivity contribution in [3.63, 3.8) is 0 Å². The highest BCUT2D eigenvalue weighted by atomic mass is 32.1. The van der Waals surface area contributed by atoms with Gasteiger partial charge in [0, 0.05) is 22.4 Å². The molecule has 0 aliphatic carbocycles. The van der Waals surface area contributed by atoms with Gasteiger partial charge in [0.15, 0.2) is 0 Å². The molecule has 0 amide bonds. The number of rotatable bonds is 5. The molecule has 3 heterocycles. The van der Waals surface area contributed by atoms with Gasteiger partial charge in [0.25, 0.3) is 0 Å². The van der Waals surface area contributed by atoms with Crippen molar-refractivity contribution in [2.75, 3.05) is 13.1 Å². The number of benzene rings is 1. The fourth-order valence-corrected chi connectivity index (χ4v) is 4.48. The molecule has 0 radical (unpaired) electrons. The van der Waals surface area contributed by atoms with Crippen LogP contribution in [0.5, 0.6) is 0 Å². The third kappa shape index (κ3) is 3.27. The highest BCUT2D eigenvalue weighted by Gasteiger charge is 2.30. The van der Waals surface area contributed by atoms with E-state index in [0.29, 0.717) is 29.5 Å². The SMILES string of the molecule is N=C1C(c2nc(-c3ccc(F)cc3)cs2)=C(O)CN1CCc1cccs1. The van der Waals surface area contributed by atoms with Crippen LogP contribution in [0, 0.1) is 11.2 Å². The first-order valence-corrected chi connectivity index (χ1v) is 9.88. The molecule has 2 aromatic heterocycles. The van der Waals surface area contributed by atoms with E-state index >= 15 is 0 Å². The molecule has 132 valence electrons. The fourth-order valence-electron chi connectivity index (χ4n) is 2.89. The summed E-state index contributed by atoms with van der Waals surface area (Å²) in [5, 5.41) is 23.3. The summed E-state index contributed by atoms with van der Waals surface area (Å²) in [6.45, 7) is 1.02. The van der Waals surface area contributed by atoms with Crippen LogP contribution in [-0.2, 0) is 6.42 Å². The van der Waals surface area contributed by atoms with Crippen LogP contribution in [0.2, 0.25) is 0 Å². The zero-order valence-corrected chi connectivity index (χ0v) is 15.4. The molecule has 0 saturated carbocycles. The van der Waals surface area contributed by atoms with Gasteiger partial charge in [-0.2, -0.15) is 0 Å². The average Bonchev–Trinajstić information content (AvgIpc) is 3.35. The third-order valence-corrected chi connectivity index (χ3v) is 6.04. The Morgan fingerprint density at radius 1 is 1.19 bits per heavy atom. The van der Waals surface area contributed by atoms with E-state index in [-0.39, 0.29) is 11.6 Å². The first-order valence-electron chi connectivity index (χ1n) is 8.12. The summed E-state index contributed by atoms with van der Waals surface area (Å²) < 4.78 is 13.1. The molecule has 1 aliphatic rings. The van der Waals surface area contributed by atoms with Gasteiger partial charge in [0.2, 0.25) is 0 Å². The normalized spacial score (nSPS) is 14.5. The van der Waals surface area contributed by atoms with E-state index in [4.69, 9.17) is 5.41 Å². The lowest BCUT2D eigenvalue weighted by Gasteiger charge is -2.17. The number of amidine groups is 1. The van der Waals surface area contributed by atoms with Crippen LogP contribution in [0.15, 0.2) is 52.9 Å². The van der Waals surface area contributed by atoms with Crippen molar-refractivity contribution < 1.29 is 9.50 Å². The number of aliphatic hydroxyl groups excluding tert-OH is 1. The van der Waals surface area contributed by atoms with Crippen LogP contribution in [0.4, 0.5) is 4.39 Å². The highest BCUT2D eigenvalue weighted by Crippen LogP contribution is 2.32. The minimum atomic E-state index is -0.288. The van der Waals surface area contributed by atoms with Crippen molar-refractivity contribution in [3.8, 4) is 11.3 Å². The zero-order valence-electron chi connectivity index (χ0n) is 13.8. The molecule has 1 aliphatic heterocycles. The predicted octanol–water partition coefficient (Wildman–Crippen LogP) is 4.82. The van der Waals surface area contributed by atoms with Crippen molar-refractivity contribution in [1.82, 2.24) is 9.88 Å². The van der Waals surface area contributed by atoms with Crippen LogP contribution in [0.25, 0.3) is 16.8 Å². The summed E-state index contributed by atoms with van der Waals surface area (Å²) in [6, 6.07) is 10.2. The van der Waals surface area contributed by atoms with Gasteiger partial charge in [0.05, 0.1) is 17.8 Å². The molecule has 4 nitrogen and oxygen atoms in total. The van der Waals surface area contributed by atoms with Gasteiger partial charge < -0.3 is 10.0 Å². The fraction of sp³-hybridized carbons (Fsp3) is 0.158. The van der Waals surface area contributed by atoms with E-state index in [0.717, 1.165) is 17.7 Å². The first kappa shape index (κ1) is 16.9. The molecule has 0 fully saturated rings. The standard InChI is InChI=1S/C19H16FN3OS2/c20-13-5-3-12(4-6-13)15-11-26-19(22-15)17-16(24)10-23(18(17)21)8-7-14-2-1-9-25-14/h1-6,9,11,21,24H,7-8,10H2. The Labute approximate surface area is 158 Å². The van der Waals surface area contributed by atoms with Gasteiger partial charge in [-0.1, -0.05) is 6.07 Å². The Balaban J connectivity index is 1.51. The molecular weight excluding hydrogens is 369 g/mol. The minimum Gasteiger partial charge on any atom is -0.510 e. The van der Waals surface area contributed by atoms with Gasteiger partial charge in [-0.3, -0.25) is 5.41 Å². The van der Waals surface area contributed by atoms with E-state index in [1.807, 2.05) is 21.7 Å². The second kappa shape index (κ2) is 7.01.